The Hall–Kier alpha value is -2.95. The van der Waals surface area contributed by atoms with E-state index in [0.717, 1.165) is 17.0 Å². The number of nitrogens with zero attached hydrogens (tertiary/aromatic N) is 3. The predicted octanol–water partition coefficient (Wildman–Crippen LogP) is 3.09. The number of pyridine rings is 1. The molecule has 5 nitrogen and oxygen atoms in total. The molecule has 0 N–H and O–H groups in total. The minimum Gasteiger partial charge on any atom is -0.339 e. The third kappa shape index (κ3) is 3.98. The van der Waals surface area contributed by atoms with E-state index in [-0.39, 0.29) is 11.8 Å². The molecule has 146 valence electrons. The molecule has 0 bridgehead atoms. The van der Waals surface area contributed by atoms with E-state index in [1.54, 1.807) is 9.80 Å². The summed E-state index contributed by atoms with van der Waals surface area (Å²) in [5, 5.41) is 0. The molecule has 2 aromatic rings. The first kappa shape index (κ1) is 19.8. The highest BCUT2D eigenvalue weighted by atomic mass is 16.2. The van der Waals surface area contributed by atoms with Crippen molar-refractivity contribution in [3.8, 4) is 0 Å². The van der Waals surface area contributed by atoms with Gasteiger partial charge in [-0.2, -0.15) is 0 Å². The van der Waals surface area contributed by atoms with Crippen LogP contribution in [0.3, 0.4) is 0 Å². The van der Waals surface area contributed by atoms with Gasteiger partial charge in [0, 0.05) is 25.8 Å². The lowest BCUT2D eigenvalue weighted by molar-refractivity contribution is -0.141. The first-order valence-electron chi connectivity index (χ1n) is 9.61. The molecule has 0 unspecified atom stereocenters. The molecule has 1 aromatic carbocycles. The molecule has 1 aliphatic heterocycles. The van der Waals surface area contributed by atoms with E-state index in [1.165, 1.54) is 6.08 Å². The predicted molar refractivity (Wildman–Crippen MR) is 110 cm³/mol. The molecular formula is C23H27N3O2. The van der Waals surface area contributed by atoms with Crippen LogP contribution in [0.4, 0.5) is 0 Å². The molecule has 1 aliphatic rings. The number of rotatable bonds is 5. The van der Waals surface area contributed by atoms with Crippen LogP contribution in [0.15, 0.2) is 61.2 Å². The Kier molecular flexibility index (Phi) is 5.93. The normalized spacial score (nSPS) is 15.7. The Balaban J connectivity index is 1.86. The number of hydrogen-bond donors (Lipinski definition) is 0. The summed E-state index contributed by atoms with van der Waals surface area (Å²) in [6.07, 6.45) is 2.54. The lowest BCUT2D eigenvalue weighted by atomic mass is 9.71. The lowest BCUT2D eigenvalue weighted by Crippen LogP contribution is -2.52. The summed E-state index contributed by atoms with van der Waals surface area (Å²) >= 11 is 0. The summed E-state index contributed by atoms with van der Waals surface area (Å²) in [6, 6.07) is 15.8. The van der Waals surface area contributed by atoms with Gasteiger partial charge < -0.3 is 9.80 Å². The van der Waals surface area contributed by atoms with Crippen molar-refractivity contribution in [3.63, 3.8) is 0 Å². The lowest BCUT2D eigenvalue weighted by Gasteiger charge is -2.42. The Morgan fingerprint density at radius 3 is 2.43 bits per heavy atom. The zero-order valence-corrected chi connectivity index (χ0v) is 16.6. The third-order valence-electron chi connectivity index (χ3n) is 5.53. The van der Waals surface area contributed by atoms with E-state index in [2.05, 4.69) is 11.6 Å². The number of amides is 2. The van der Waals surface area contributed by atoms with Crippen LogP contribution in [0.5, 0.6) is 0 Å². The third-order valence-corrected chi connectivity index (χ3v) is 5.53. The second-order valence-corrected chi connectivity index (χ2v) is 7.41. The van der Waals surface area contributed by atoms with Gasteiger partial charge in [0.1, 0.15) is 0 Å². The zero-order valence-electron chi connectivity index (χ0n) is 16.6. The summed E-state index contributed by atoms with van der Waals surface area (Å²) in [6.45, 7) is 7.07. The van der Waals surface area contributed by atoms with Gasteiger partial charge in [-0.1, -0.05) is 43.0 Å². The van der Waals surface area contributed by atoms with Gasteiger partial charge in [-0.05, 0) is 43.5 Å². The second kappa shape index (κ2) is 8.38. The average molecular weight is 377 g/mol. The van der Waals surface area contributed by atoms with Gasteiger partial charge in [0.25, 0.3) is 0 Å². The average Bonchev–Trinajstić information content (AvgIpc) is 2.73. The molecule has 2 heterocycles. The molecular weight excluding hydrogens is 350 g/mol. The first-order chi connectivity index (χ1) is 13.5. The van der Waals surface area contributed by atoms with Crippen LogP contribution >= 0.6 is 0 Å². The van der Waals surface area contributed by atoms with Crippen LogP contribution in [-0.4, -0.2) is 46.7 Å². The summed E-state index contributed by atoms with van der Waals surface area (Å²) in [5.74, 6) is -0.000802. The molecule has 0 radical (unpaired) electrons. The number of aryl methyl sites for hydroxylation is 1. The Labute approximate surface area is 166 Å². The molecule has 1 aromatic heterocycles. The fraction of sp³-hybridized carbons (Fsp3) is 0.348. The second-order valence-electron chi connectivity index (χ2n) is 7.41. The van der Waals surface area contributed by atoms with Crippen LogP contribution in [0.2, 0.25) is 0 Å². The van der Waals surface area contributed by atoms with Crippen LogP contribution in [-0.2, 0) is 21.5 Å². The molecule has 28 heavy (non-hydrogen) atoms. The number of likely N-dealkylation sites (N-methyl/N-ethyl adjacent to an activating group) is 1. The Morgan fingerprint density at radius 2 is 1.82 bits per heavy atom. The smallest absolute Gasteiger partial charge is 0.245 e. The van der Waals surface area contributed by atoms with Crippen molar-refractivity contribution < 1.29 is 9.59 Å². The van der Waals surface area contributed by atoms with E-state index >= 15 is 0 Å². The van der Waals surface area contributed by atoms with Crippen molar-refractivity contribution in [1.29, 1.82) is 0 Å². The van der Waals surface area contributed by atoms with E-state index in [1.807, 2.05) is 62.5 Å². The van der Waals surface area contributed by atoms with Gasteiger partial charge in [0.05, 0.1) is 17.7 Å². The minimum atomic E-state index is -0.627. The first-order valence-corrected chi connectivity index (χ1v) is 9.61. The number of aromatic nitrogens is 1. The van der Waals surface area contributed by atoms with Gasteiger partial charge in [0.15, 0.2) is 0 Å². The highest BCUT2D eigenvalue weighted by Gasteiger charge is 2.44. The van der Waals surface area contributed by atoms with Crippen LogP contribution in [0, 0.1) is 6.92 Å². The number of benzene rings is 1. The van der Waals surface area contributed by atoms with E-state index in [4.69, 9.17) is 0 Å². The highest BCUT2D eigenvalue weighted by molar-refractivity contribution is 5.90. The summed E-state index contributed by atoms with van der Waals surface area (Å²) in [4.78, 5) is 33.7. The topological polar surface area (TPSA) is 53.5 Å². The molecule has 3 rings (SSSR count). The molecule has 0 saturated carbocycles. The van der Waals surface area contributed by atoms with Crippen LogP contribution in [0.25, 0.3) is 0 Å². The standard InChI is InChI=1S/C23H27N3O2/c1-4-21(27)26-15-13-23(14-16-26,19-10-6-5-7-11-19)22(28)25(3)17-20-12-8-9-18(2)24-20/h4-12H,1,13-17H2,2-3H3. The van der Waals surface area contributed by atoms with Gasteiger partial charge in [0.2, 0.25) is 11.8 Å². The van der Waals surface area contributed by atoms with E-state index in [0.29, 0.717) is 32.5 Å². The van der Waals surface area contributed by atoms with Gasteiger partial charge in [-0.3, -0.25) is 14.6 Å². The molecule has 0 aliphatic carbocycles. The Morgan fingerprint density at radius 1 is 1.14 bits per heavy atom. The quantitative estimate of drug-likeness (QED) is 0.753. The number of piperidine rings is 1. The summed E-state index contributed by atoms with van der Waals surface area (Å²) in [7, 11) is 1.83. The van der Waals surface area contributed by atoms with Crippen molar-refractivity contribution in [2.24, 2.45) is 0 Å². The van der Waals surface area contributed by atoms with Crippen molar-refractivity contribution in [2.75, 3.05) is 20.1 Å². The summed E-state index contributed by atoms with van der Waals surface area (Å²) < 4.78 is 0. The molecule has 2 amide bonds. The van der Waals surface area contributed by atoms with Gasteiger partial charge >= 0.3 is 0 Å². The maximum atomic E-state index is 13.6. The molecule has 0 spiro atoms. The van der Waals surface area contributed by atoms with Crippen molar-refractivity contribution in [3.05, 3.63) is 78.1 Å². The van der Waals surface area contributed by atoms with Gasteiger partial charge in [-0.25, -0.2) is 0 Å². The number of carbonyl (C=O) groups excluding carboxylic acids is 2. The molecule has 0 atom stereocenters. The van der Waals surface area contributed by atoms with Gasteiger partial charge in [-0.15, -0.1) is 0 Å². The fourth-order valence-corrected chi connectivity index (χ4v) is 3.99. The zero-order chi connectivity index (χ0) is 20.1. The molecule has 1 fully saturated rings. The van der Waals surface area contributed by atoms with E-state index in [9.17, 15) is 9.59 Å². The number of likely N-dealkylation sites (tertiary alicyclic amines) is 1. The minimum absolute atomic E-state index is 0.0766. The van der Waals surface area contributed by atoms with Crippen LogP contribution < -0.4 is 0 Å². The SMILES string of the molecule is C=CC(=O)N1CCC(C(=O)N(C)Cc2cccc(C)n2)(c2ccccc2)CC1. The van der Waals surface area contributed by atoms with Crippen molar-refractivity contribution >= 4 is 11.8 Å². The molecule has 5 heteroatoms. The number of hydrogen-bond acceptors (Lipinski definition) is 3. The van der Waals surface area contributed by atoms with Crippen molar-refractivity contribution in [1.82, 2.24) is 14.8 Å². The van der Waals surface area contributed by atoms with Crippen LogP contribution in [0.1, 0.15) is 29.8 Å². The van der Waals surface area contributed by atoms with E-state index < -0.39 is 5.41 Å². The summed E-state index contributed by atoms with van der Waals surface area (Å²) in [5.41, 5.74) is 2.19. The Bertz CT molecular complexity index is 855. The maximum absolute atomic E-state index is 13.6. The largest absolute Gasteiger partial charge is 0.339 e. The highest BCUT2D eigenvalue weighted by Crippen LogP contribution is 2.37. The fourth-order valence-electron chi connectivity index (χ4n) is 3.99. The monoisotopic (exact) mass is 377 g/mol. The maximum Gasteiger partial charge on any atom is 0.245 e. The van der Waals surface area contributed by atoms with Crippen molar-refractivity contribution in [2.45, 2.75) is 31.7 Å². The molecule has 1 saturated heterocycles. The number of carbonyl (C=O) groups is 2.